The molecule has 2 aliphatic carbocycles. The second kappa shape index (κ2) is 7.44. The van der Waals surface area contributed by atoms with Crippen molar-refractivity contribution in [3.05, 3.63) is 95.1 Å². The topological polar surface area (TPSA) is 41.1 Å². The Labute approximate surface area is 185 Å². The maximum Gasteiger partial charge on any atom is 0.255 e. The van der Waals surface area contributed by atoms with Gasteiger partial charge in [0.1, 0.15) is 0 Å². The number of nitrogens with one attached hydrogen (secondary N) is 2. The largest absolute Gasteiger partial charge is 0.378 e. The Morgan fingerprint density at radius 1 is 0.906 bits per heavy atom. The van der Waals surface area contributed by atoms with Crippen LogP contribution in [-0.2, 0) is 0 Å². The lowest BCUT2D eigenvalue weighted by Gasteiger charge is -2.43. The SMILES string of the molecule is O=C(Nc1ccc(F)c(F)c1)c1ccc2c(c1)C1C3CCC(C3)C1C(c1ccccc1)N2. The molecule has 0 aromatic heterocycles. The fraction of sp³-hybridized carbons (Fsp3) is 0.296. The number of carbonyl (C=O) groups excluding carboxylic acids is 1. The molecule has 2 fully saturated rings. The summed E-state index contributed by atoms with van der Waals surface area (Å²) < 4.78 is 26.7. The quantitative estimate of drug-likeness (QED) is 0.497. The lowest BCUT2D eigenvalue weighted by Crippen LogP contribution is -2.35. The molecule has 0 saturated heterocycles. The van der Waals surface area contributed by atoms with Crippen LogP contribution in [0.4, 0.5) is 20.2 Å². The highest BCUT2D eigenvalue weighted by Gasteiger charge is 2.53. The Morgan fingerprint density at radius 3 is 2.53 bits per heavy atom. The highest BCUT2D eigenvalue weighted by atomic mass is 19.2. The van der Waals surface area contributed by atoms with Crippen molar-refractivity contribution in [2.75, 3.05) is 10.6 Å². The van der Waals surface area contributed by atoms with Gasteiger partial charge in [0.25, 0.3) is 5.91 Å². The van der Waals surface area contributed by atoms with Crippen LogP contribution in [0.2, 0.25) is 0 Å². The molecular weight excluding hydrogens is 406 g/mol. The van der Waals surface area contributed by atoms with Crippen LogP contribution in [0.3, 0.4) is 0 Å². The molecule has 1 amide bonds. The van der Waals surface area contributed by atoms with Crippen LogP contribution in [0.1, 0.15) is 52.7 Å². The molecule has 3 nitrogen and oxygen atoms in total. The van der Waals surface area contributed by atoms with Crippen molar-refractivity contribution < 1.29 is 13.6 Å². The van der Waals surface area contributed by atoms with E-state index in [1.807, 2.05) is 12.1 Å². The number of hydrogen-bond acceptors (Lipinski definition) is 2. The van der Waals surface area contributed by atoms with E-state index in [1.54, 1.807) is 6.07 Å². The minimum Gasteiger partial charge on any atom is -0.378 e. The summed E-state index contributed by atoms with van der Waals surface area (Å²) in [6.45, 7) is 0. The van der Waals surface area contributed by atoms with Gasteiger partial charge in [-0.05, 0) is 84.4 Å². The molecule has 3 aromatic carbocycles. The molecule has 6 rings (SSSR count). The van der Waals surface area contributed by atoms with E-state index in [0.29, 0.717) is 29.2 Å². The van der Waals surface area contributed by atoms with Crippen molar-refractivity contribution in [2.45, 2.75) is 31.2 Å². The summed E-state index contributed by atoms with van der Waals surface area (Å²) in [7, 11) is 0. The Kier molecular flexibility index (Phi) is 4.53. The van der Waals surface area contributed by atoms with Crippen LogP contribution in [0, 0.1) is 29.4 Å². The van der Waals surface area contributed by atoms with Crippen LogP contribution in [0.15, 0.2) is 66.7 Å². The van der Waals surface area contributed by atoms with Crippen LogP contribution in [0.5, 0.6) is 0 Å². The summed E-state index contributed by atoms with van der Waals surface area (Å²) in [5, 5.41) is 6.47. The normalized spacial score (nSPS) is 27.4. The number of rotatable bonds is 3. The van der Waals surface area contributed by atoms with Crippen LogP contribution in [0.25, 0.3) is 0 Å². The van der Waals surface area contributed by atoms with Gasteiger partial charge in [-0.15, -0.1) is 0 Å². The van der Waals surface area contributed by atoms with Gasteiger partial charge in [0.15, 0.2) is 11.6 Å². The Bertz CT molecular complexity index is 1200. The third-order valence-corrected chi connectivity index (χ3v) is 7.69. The molecule has 3 aromatic rings. The second-order valence-electron chi connectivity index (χ2n) is 9.35. The van der Waals surface area contributed by atoms with Gasteiger partial charge in [0.05, 0.1) is 6.04 Å². The smallest absolute Gasteiger partial charge is 0.255 e. The molecule has 32 heavy (non-hydrogen) atoms. The predicted octanol–water partition coefficient (Wildman–Crippen LogP) is 6.51. The number of benzene rings is 3. The molecule has 5 heteroatoms. The summed E-state index contributed by atoms with van der Waals surface area (Å²) >= 11 is 0. The van der Waals surface area contributed by atoms with Crippen molar-refractivity contribution in [2.24, 2.45) is 17.8 Å². The molecule has 1 aliphatic heterocycles. The molecule has 2 bridgehead atoms. The predicted molar refractivity (Wildman–Crippen MR) is 121 cm³/mol. The fourth-order valence-electron chi connectivity index (χ4n) is 6.39. The molecule has 0 spiro atoms. The standard InChI is InChI=1S/C27H24F2N2O/c28-21-10-9-19(14-22(21)29)30-27(32)18-8-11-23-20(13-18)24-16-6-7-17(12-16)25(24)26(31-23)15-4-2-1-3-5-15/h1-5,8-11,13-14,16-17,24-26,31H,6-7,12H2,(H,30,32). The molecule has 2 saturated carbocycles. The van der Waals surface area contributed by atoms with Crippen molar-refractivity contribution in [3.63, 3.8) is 0 Å². The average molecular weight is 430 g/mol. The van der Waals surface area contributed by atoms with Gasteiger partial charge >= 0.3 is 0 Å². The minimum atomic E-state index is -0.978. The molecule has 162 valence electrons. The second-order valence-corrected chi connectivity index (χ2v) is 9.35. The minimum absolute atomic E-state index is 0.242. The Morgan fingerprint density at radius 2 is 1.72 bits per heavy atom. The highest BCUT2D eigenvalue weighted by Crippen LogP contribution is 2.63. The van der Waals surface area contributed by atoms with Crippen LogP contribution in [-0.4, -0.2) is 5.91 Å². The van der Waals surface area contributed by atoms with Gasteiger partial charge in [-0.2, -0.15) is 0 Å². The number of anilines is 2. The van der Waals surface area contributed by atoms with Crippen molar-refractivity contribution in [3.8, 4) is 0 Å². The average Bonchev–Trinajstić information content (AvgIpc) is 3.44. The van der Waals surface area contributed by atoms with E-state index < -0.39 is 11.6 Å². The van der Waals surface area contributed by atoms with Gasteiger partial charge in [-0.25, -0.2) is 8.78 Å². The van der Waals surface area contributed by atoms with E-state index in [1.165, 1.54) is 36.5 Å². The Balaban J connectivity index is 1.34. The lowest BCUT2D eigenvalue weighted by atomic mass is 9.68. The summed E-state index contributed by atoms with van der Waals surface area (Å²) in [6, 6.07) is 20.1. The molecular formula is C27H24F2N2O. The summed E-state index contributed by atoms with van der Waals surface area (Å²) in [5.41, 5.74) is 4.41. The first-order chi connectivity index (χ1) is 15.6. The van der Waals surface area contributed by atoms with E-state index >= 15 is 0 Å². The van der Waals surface area contributed by atoms with Crippen molar-refractivity contribution in [1.29, 1.82) is 0 Å². The Hall–Kier alpha value is -3.21. The molecule has 5 unspecified atom stereocenters. The van der Waals surface area contributed by atoms with E-state index in [2.05, 4.69) is 41.0 Å². The zero-order chi connectivity index (χ0) is 21.8. The molecule has 0 radical (unpaired) electrons. The van der Waals surface area contributed by atoms with E-state index in [4.69, 9.17) is 0 Å². The number of amides is 1. The van der Waals surface area contributed by atoms with Gasteiger partial charge in [0, 0.05) is 23.0 Å². The molecule has 2 N–H and O–H groups in total. The first kappa shape index (κ1) is 19.5. The van der Waals surface area contributed by atoms with Crippen LogP contribution < -0.4 is 10.6 Å². The molecule has 1 heterocycles. The first-order valence-corrected chi connectivity index (χ1v) is 11.3. The number of carbonyl (C=O) groups is 1. The van der Waals surface area contributed by atoms with Gasteiger partial charge in [-0.3, -0.25) is 4.79 Å². The maximum atomic E-state index is 13.5. The van der Waals surface area contributed by atoms with Crippen molar-refractivity contribution >= 4 is 17.3 Å². The van der Waals surface area contributed by atoms with Gasteiger partial charge < -0.3 is 10.6 Å². The fourth-order valence-corrected chi connectivity index (χ4v) is 6.39. The van der Waals surface area contributed by atoms with Gasteiger partial charge in [-0.1, -0.05) is 30.3 Å². The van der Waals surface area contributed by atoms with Crippen LogP contribution >= 0.6 is 0 Å². The zero-order valence-corrected chi connectivity index (χ0v) is 17.5. The monoisotopic (exact) mass is 430 g/mol. The third kappa shape index (κ3) is 3.10. The van der Waals surface area contributed by atoms with E-state index in [-0.39, 0.29) is 17.6 Å². The number of fused-ring (bicyclic) bond motifs is 7. The summed E-state index contributed by atoms with van der Waals surface area (Å²) in [4.78, 5) is 12.9. The lowest BCUT2D eigenvalue weighted by molar-refractivity contribution is 0.102. The first-order valence-electron chi connectivity index (χ1n) is 11.3. The highest BCUT2D eigenvalue weighted by molar-refractivity contribution is 6.04. The molecule has 3 aliphatic rings. The summed E-state index contributed by atoms with van der Waals surface area (Å²) in [6.07, 6.45) is 3.78. The van der Waals surface area contributed by atoms with E-state index in [9.17, 15) is 13.6 Å². The number of hydrogen-bond donors (Lipinski definition) is 2. The third-order valence-electron chi connectivity index (χ3n) is 7.69. The summed E-state index contributed by atoms with van der Waals surface area (Å²) in [5.74, 6) is 0.0903. The van der Waals surface area contributed by atoms with Gasteiger partial charge in [0.2, 0.25) is 0 Å². The zero-order valence-electron chi connectivity index (χ0n) is 17.5. The van der Waals surface area contributed by atoms with Crippen molar-refractivity contribution in [1.82, 2.24) is 0 Å². The number of halogens is 2. The van der Waals surface area contributed by atoms with E-state index in [0.717, 1.165) is 17.8 Å². The molecule has 5 atom stereocenters. The maximum absolute atomic E-state index is 13.5.